The second kappa shape index (κ2) is 6.99. The zero-order chi connectivity index (χ0) is 17.1. The number of fused-ring (bicyclic) bond motifs is 1. The van der Waals surface area contributed by atoms with Crippen LogP contribution in [0.25, 0.3) is 6.08 Å². The van der Waals surface area contributed by atoms with E-state index < -0.39 is 5.97 Å². The number of nitrogens with zero attached hydrogens (tertiary/aromatic N) is 1. The molecule has 4 nitrogen and oxygen atoms in total. The first-order valence-electron chi connectivity index (χ1n) is 8.31. The normalized spacial score (nSPS) is 14.8. The van der Waals surface area contributed by atoms with Crippen LogP contribution in [0.15, 0.2) is 24.3 Å². The van der Waals surface area contributed by atoms with Gasteiger partial charge in [-0.05, 0) is 43.4 Å². The Morgan fingerprint density at radius 1 is 1.46 bits per heavy atom. The van der Waals surface area contributed by atoms with Crippen LogP contribution in [0.5, 0.6) is 0 Å². The third-order valence-electron chi connectivity index (χ3n) is 4.46. The van der Waals surface area contributed by atoms with E-state index in [9.17, 15) is 9.18 Å². The lowest BCUT2D eigenvalue weighted by Crippen LogP contribution is -2.04. The second-order valence-electron chi connectivity index (χ2n) is 5.98. The van der Waals surface area contributed by atoms with Gasteiger partial charge in [-0.25, -0.2) is 9.18 Å². The van der Waals surface area contributed by atoms with E-state index in [1.165, 1.54) is 23.4 Å². The fourth-order valence-electron chi connectivity index (χ4n) is 3.23. The molecule has 0 spiro atoms. The van der Waals surface area contributed by atoms with Crippen molar-refractivity contribution in [3.05, 3.63) is 58.2 Å². The van der Waals surface area contributed by atoms with Crippen molar-refractivity contribution in [2.24, 2.45) is 0 Å². The number of halogens is 1. The summed E-state index contributed by atoms with van der Waals surface area (Å²) in [5.74, 6) is -0.931. The Bertz CT molecular complexity index is 780. The van der Waals surface area contributed by atoms with Crippen LogP contribution >= 0.6 is 0 Å². The van der Waals surface area contributed by atoms with Crippen LogP contribution in [-0.4, -0.2) is 22.8 Å². The average molecular weight is 328 g/mol. The Balaban J connectivity index is 1.88. The SMILES string of the molecule is CCOC(=O)/C=C/c1cccc(C(C)c2n[nH]c3c2CCC3)c1F. The van der Waals surface area contributed by atoms with E-state index in [4.69, 9.17) is 4.74 Å². The molecule has 1 heterocycles. The predicted molar refractivity (Wildman–Crippen MR) is 90.2 cm³/mol. The minimum atomic E-state index is -0.472. The molecule has 0 amide bonds. The topological polar surface area (TPSA) is 55.0 Å². The maximum absolute atomic E-state index is 14.9. The summed E-state index contributed by atoms with van der Waals surface area (Å²) in [6.07, 6.45) is 5.84. The minimum absolute atomic E-state index is 0.140. The van der Waals surface area contributed by atoms with E-state index in [0.29, 0.717) is 17.7 Å². The van der Waals surface area contributed by atoms with Crippen molar-refractivity contribution in [3.63, 3.8) is 0 Å². The first-order valence-corrected chi connectivity index (χ1v) is 8.31. The zero-order valence-electron chi connectivity index (χ0n) is 13.9. The monoisotopic (exact) mass is 328 g/mol. The number of rotatable bonds is 5. The number of esters is 1. The number of aromatic nitrogens is 2. The van der Waals surface area contributed by atoms with Crippen molar-refractivity contribution in [3.8, 4) is 0 Å². The molecule has 0 bridgehead atoms. The van der Waals surface area contributed by atoms with E-state index in [1.807, 2.05) is 6.92 Å². The van der Waals surface area contributed by atoms with Gasteiger partial charge in [0.25, 0.3) is 0 Å². The summed E-state index contributed by atoms with van der Waals surface area (Å²) in [5.41, 5.74) is 4.29. The second-order valence-corrected chi connectivity index (χ2v) is 5.98. The molecule has 1 N–H and O–H groups in total. The maximum atomic E-state index is 14.9. The van der Waals surface area contributed by atoms with Gasteiger partial charge in [-0.1, -0.05) is 25.1 Å². The van der Waals surface area contributed by atoms with Crippen LogP contribution in [0.3, 0.4) is 0 Å². The van der Waals surface area contributed by atoms with Gasteiger partial charge < -0.3 is 4.74 Å². The van der Waals surface area contributed by atoms with E-state index in [-0.39, 0.29) is 11.7 Å². The Morgan fingerprint density at radius 3 is 3.08 bits per heavy atom. The summed E-state index contributed by atoms with van der Waals surface area (Å²) < 4.78 is 19.7. The smallest absolute Gasteiger partial charge is 0.330 e. The molecule has 1 atom stereocenters. The van der Waals surface area contributed by atoms with E-state index >= 15 is 0 Å². The Morgan fingerprint density at radius 2 is 2.29 bits per heavy atom. The van der Waals surface area contributed by atoms with Gasteiger partial charge in [-0.15, -0.1) is 0 Å². The summed E-state index contributed by atoms with van der Waals surface area (Å²) in [4.78, 5) is 11.4. The molecule has 5 heteroatoms. The Kier molecular flexibility index (Phi) is 4.79. The van der Waals surface area contributed by atoms with E-state index in [0.717, 1.165) is 25.0 Å². The number of ether oxygens (including phenoxy) is 1. The van der Waals surface area contributed by atoms with E-state index in [1.54, 1.807) is 25.1 Å². The summed E-state index contributed by atoms with van der Waals surface area (Å²) in [7, 11) is 0. The number of carbonyl (C=O) groups excluding carboxylic acids is 1. The van der Waals surface area contributed by atoms with Gasteiger partial charge in [0, 0.05) is 23.3 Å². The van der Waals surface area contributed by atoms with E-state index in [2.05, 4.69) is 10.2 Å². The summed E-state index contributed by atoms with van der Waals surface area (Å²) in [6, 6.07) is 5.22. The van der Waals surface area contributed by atoms with Crippen LogP contribution in [0.4, 0.5) is 4.39 Å². The highest BCUT2D eigenvalue weighted by Gasteiger charge is 2.24. The third kappa shape index (κ3) is 3.11. The molecule has 1 aliphatic carbocycles. The average Bonchev–Trinajstić information content (AvgIpc) is 3.17. The summed E-state index contributed by atoms with van der Waals surface area (Å²) in [5, 5.41) is 7.48. The first-order chi connectivity index (χ1) is 11.6. The molecule has 3 rings (SSSR count). The maximum Gasteiger partial charge on any atom is 0.330 e. The number of aryl methyl sites for hydroxylation is 1. The van der Waals surface area contributed by atoms with Crippen molar-refractivity contribution in [1.82, 2.24) is 10.2 Å². The molecule has 1 aromatic heterocycles. The van der Waals surface area contributed by atoms with Crippen molar-refractivity contribution in [2.75, 3.05) is 6.61 Å². The Labute approximate surface area is 140 Å². The molecule has 0 radical (unpaired) electrons. The third-order valence-corrected chi connectivity index (χ3v) is 4.46. The van der Waals surface area contributed by atoms with Gasteiger partial charge in [0.2, 0.25) is 0 Å². The number of hydrogen-bond donors (Lipinski definition) is 1. The minimum Gasteiger partial charge on any atom is -0.463 e. The van der Waals surface area contributed by atoms with Gasteiger partial charge in [0.15, 0.2) is 0 Å². The Hall–Kier alpha value is -2.43. The number of hydrogen-bond acceptors (Lipinski definition) is 3. The number of aromatic amines is 1. The van der Waals surface area contributed by atoms with Crippen LogP contribution in [0.1, 0.15) is 54.3 Å². The molecular formula is C19H21FN2O2. The highest BCUT2D eigenvalue weighted by Crippen LogP contribution is 2.33. The molecule has 1 aliphatic rings. The highest BCUT2D eigenvalue weighted by atomic mass is 19.1. The largest absolute Gasteiger partial charge is 0.463 e. The van der Waals surface area contributed by atoms with Gasteiger partial charge >= 0.3 is 5.97 Å². The molecule has 0 saturated heterocycles. The number of H-pyrrole nitrogens is 1. The lowest BCUT2D eigenvalue weighted by atomic mass is 9.92. The highest BCUT2D eigenvalue weighted by molar-refractivity contribution is 5.87. The van der Waals surface area contributed by atoms with Gasteiger partial charge in [0.1, 0.15) is 5.82 Å². The quantitative estimate of drug-likeness (QED) is 0.671. The molecule has 0 aliphatic heterocycles. The molecule has 0 saturated carbocycles. The van der Waals surface area contributed by atoms with Gasteiger partial charge in [-0.2, -0.15) is 5.10 Å². The molecule has 24 heavy (non-hydrogen) atoms. The molecule has 1 unspecified atom stereocenters. The standard InChI is InChI=1S/C19H21FN2O2/c1-3-24-17(23)11-10-13-6-4-7-14(18(13)20)12(2)19-15-8-5-9-16(15)21-22-19/h4,6-7,10-12H,3,5,8-9H2,1-2H3,(H,21,22)/b11-10+. The number of carbonyl (C=O) groups is 1. The fourth-order valence-corrected chi connectivity index (χ4v) is 3.23. The van der Waals surface area contributed by atoms with Gasteiger partial charge in [0.05, 0.1) is 12.3 Å². The zero-order valence-corrected chi connectivity index (χ0v) is 13.9. The number of nitrogens with one attached hydrogen (secondary N) is 1. The molecule has 2 aromatic rings. The van der Waals surface area contributed by atoms with Crippen LogP contribution in [0, 0.1) is 5.82 Å². The number of benzene rings is 1. The molecule has 1 aromatic carbocycles. The fraction of sp³-hybridized carbons (Fsp3) is 0.368. The lowest BCUT2D eigenvalue weighted by molar-refractivity contribution is -0.137. The van der Waals surface area contributed by atoms with Crippen molar-refractivity contribution in [2.45, 2.75) is 39.0 Å². The van der Waals surface area contributed by atoms with Crippen LogP contribution in [0.2, 0.25) is 0 Å². The first kappa shape index (κ1) is 16.4. The predicted octanol–water partition coefficient (Wildman–Crippen LogP) is 3.77. The molecule has 126 valence electrons. The van der Waals surface area contributed by atoms with Gasteiger partial charge in [-0.3, -0.25) is 5.10 Å². The van der Waals surface area contributed by atoms with Crippen molar-refractivity contribution >= 4 is 12.0 Å². The molecule has 0 fully saturated rings. The summed E-state index contributed by atoms with van der Waals surface area (Å²) in [6.45, 7) is 4.00. The van der Waals surface area contributed by atoms with Crippen LogP contribution < -0.4 is 0 Å². The summed E-state index contributed by atoms with van der Waals surface area (Å²) >= 11 is 0. The van der Waals surface area contributed by atoms with Crippen molar-refractivity contribution in [1.29, 1.82) is 0 Å². The van der Waals surface area contributed by atoms with Crippen LogP contribution in [-0.2, 0) is 22.4 Å². The molecular weight excluding hydrogens is 307 g/mol. The van der Waals surface area contributed by atoms with Crippen molar-refractivity contribution < 1.29 is 13.9 Å². The lowest BCUT2D eigenvalue weighted by Gasteiger charge is -2.13.